The lowest BCUT2D eigenvalue weighted by Crippen LogP contribution is -2.47. The van der Waals surface area contributed by atoms with Crippen LogP contribution in [0.1, 0.15) is 47.8 Å². The summed E-state index contributed by atoms with van der Waals surface area (Å²) in [5.74, 6) is -0.802. The van der Waals surface area contributed by atoms with E-state index in [-0.39, 0.29) is 18.7 Å². The molecule has 40 heavy (non-hydrogen) atoms. The van der Waals surface area contributed by atoms with Gasteiger partial charge < -0.3 is 29.5 Å². The van der Waals surface area contributed by atoms with Crippen LogP contribution in [0.4, 0.5) is 10.5 Å². The first-order chi connectivity index (χ1) is 18.9. The minimum absolute atomic E-state index is 0.0822. The molecular formula is C31H36N2O7. The summed E-state index contributed by atoms with van der Waals surface area (Å²) in [6, 6.07) is 17.5. The summed E-state index contributed by atoms with van der Waals surface area (Å²) in [6.45, 7) is 7.41. The van der Waals surface area contributed by atoms with Gasteiger partial charge in [0.15, 0.2) is 11.8 Å². The van der Waals surface area contributed by atoms with Crippen LogP contribution in [-0.4, -0.2) is 48.8 Å². The zero-order chi connectivity index (χ0) is 29.4. The van der Waals surface area contributed by atoms with Gasteiger partial charge in [0.2, 0.25) is 0 Å². The summed E-state index contributed by atoms with van der Waals surface area (Å²) in [6.07, 6.45) is -0.591. The number of carbonyl (C=O) groups excluding carboxylic acids is 2. The summed E-state index contributed by atoms with van der Waals surface area (Å²) in [5.41, 5.74) is 2.41. The van der Waals surface area contributed by atoms with Crippen LogP contribution in [0.15, 0.2) is 66.7 Å². The molecule has 0 aliphatic heterocycles. The smallest absolute Gasteiger partial charge is 0.407 e. The molecule has 1 amide bonds. The fourth-order valence-electron chi connectivity index (χ4n) is 4.10. The zero-order valence-electron chi connectivity index (χ0n) is 23.7. The van der Waals surface area contributed by atoms with E-state index < -0.39 is 29.5 Å². The highest BCUT2D eigenvalue weighted by atomic mass is 16.6. The first-order valence-corrected chi connectivity index (χ1v) is 12.8. The predicted octanol–water partition coefficient (Wildman–Crippen LogP) is 5.38. The van der Waals surface area contributed by atoms with Gasteiger partial charge in [0.1, 0.15) is 17.1 Å². The number of anilines is 1. The Morgan fingerprint density at radius 3 is 2.25 bits per heavy atom. The van der Waals surface area contributed by atoms with E-state index in [1.807, 2.05) is 19.1 Å². The maximum atomic E-state index is 13.8. The Kier molecular flexibility index (Phi) is 9.77. The molecule has 0 heterocycles. The zero-order valence-corrected chi connectivity index (χ0v) is 23.7. The van der Waals surface area contributed by atoms with Crippen LogP contribution in [-0.2, 0) is 22.6 Å². The van der Waals surface area contributed by atoms with Gasteiger partial charge in [0.25, 0.3) is 0 Å². The lowest BCUT2D eigenvalue weighted by Gasteiger charge is -2.31. The SMILES string of the molecule is COc1ccc(CN(c2ccc(C)cc2)[C@H](C(=O)O)C(=O)c2cccc(CNC(=O)OC(C)(C)C)c2)c(OC)c1. The molecule has 0 saturated heterocycles. The van der Waals surface area contributed by atoms with Crippen molar-refractivity contribution in [1.82, 2.24) is 5.32 Å². The molecule has 0 saturated carbocycles. The number of nitrogens with one attached hydrogen (secondary N) is 1. The van der Waals surface area contributed by atoms with Crippen molar-refractivity contribution in [3.05, 3.63) is 89.0 Å². The molecule has 1 atom stereocenters. The Labute approximate surface area is 234 Å². The minimum Gasteiger partial charge on any atom is -0.497 e. The van der Waals surface area contributed by atoms with Gasteiger partial charge in [-0.05, 0) is 63.6 Å². The number of carboxylic acid groups (broad SMARTS) is 1. The number of carbonyl (C=O) groups is 3. The van der Waals surface area contributed by atoms with Gasteiger partial charge in [-0.2, -0.15) is 0 Å². The van der Waals surface area contributed by atoms with E-state index in [0.29, 0.717) is 28.3 Å². The normalized spacial score (nSPS) is 11.8. The molecule has 0 radical (unpaired) electrons. The summed E-state index contributed by atoms with van der Waals surface area (Å²) in [7, 11) is 3.06. The topological polar surface area (TPSA) is 114 Å². The van der Waals surface area contributed by atoms with Crippen LogP contribution in [0.5, 0.6) is 11.5 Å². The molecule has 3 rings (SSSR count). The highest BCUT2D eigenvalue weighted by Gasteiger charge is 2.34. The van der Waals surface area contributed by atoms with Crippen molar-refractivity contribution in [3.63, 3.8) is 0 Å². The highest BCUT2D eigenvalue weighted by Crippen LogP contribution is 2.30. The maximum absolute atomic E-state index is 13.8. The van der Waals surface area contributed by atoms with Crippen molar-refractivity contribution in [3.8, 4) is 11.5 Å². The number of hydrogen-bond donors (Lipinski definition) is 2. The van der Waals surface area contributed by atoms with Crippen molar-refractivity contribution in [2.24, 2.45) is 0 Å². The number of aliphatic carboxylic acids is 1. The molecule has 0 aromatic heterocycles. The number of aryl methyl sites for hydroxylation is 1. The number of methoxy groups -OCH3 is 2. The average molecular weight is 549 g/mol. The van der Waals surface area contributed by atoms with Crippen molar-refractivity contribution in [2.75, 3.05) is 19.1 Å². The monoisotopic (exact) mass is 548 g/mol. The molecule has 9 nitrogen and oxygen atoms in total. The van der Waals surface area contributed by atoms with Gasteiger partial charge in [-0.15, -0.1) is 0 Å². The van der Waals surface area contributed by atoms with Gasteiger partial charge in [0.05, 0.1) is 14.2 Å². The Bertz CT molecular complexity index is 1350. The van der Waals surface area contributed by atoms with Crippen LogP contribution in [0.25, 0.3) is 0 Å². The van der Waals surface area contributed by atoms with Crippen molar-refractivity contribution >= 4 is 23.5 Å². The molecule has 2 N–H and O–H groups in total. The molecule has 9 heteroatoms. The molecule has 212 valence electrons. The van der Waals surface area contributed by atoms with E-state index in [4.69, 9.17) is 14.2 Å². The number of nitrogens with zero attached hydrogens (tertiary/aromatic N) is 1. The molecule has 0 aliphatic carbocycles. The molecule has 0 spiro atoms. The Morgan fingerprint density at radius 2 is 1.65 bits per heavy atom. The van der Waals surface area contributed by atoms with Gasteiger partial charge in [-0.3, -0.25) is 4.79 Å². The number of alkyl carbamates (subject to hydrolysis) is 1. The average Bonchev–Trinajstić information content (AvgIpc) is 2.91. The molecule has 3 aromatic carbocycles. The lowest BCUT2D eigenvalue weighted by molar-refractivity contribution is -0.137. The molecule has 0 bridgehead atoms. The van der Waals surface area contributed by atoms with Gasteiger partial charge in [-0.1, -0.05) is 35.9 Å². The molecule has 0 fully saturated rings. The van der Waals surface area contributed by atoms with E-state index in [2.05, 4.69) is 5.32 Å². The maximum Gasteiger partial charge on any atom is 0.407 e. The van der Waals surface area contributed by atoms with Crippen molar-refractivity contribution in [2.45, 2.75) is 52.4 Å². The van der Waals surface area contributed by atoms with Gasteiger partial charge >= 0.3 is 12.1 Å². The number of ether oxygens (including phenoxy) is 3. The van der Waals surface area contributed by atoms with E-state index in [1.165, 1.54) is 7.11 Å². The fourth-order valence-corrected chi connectivity index (χ4v) is 4.10. The second kappa shape index (κ2) is 13.0. The summed E-state index contributed by atoms with van der Waals surface area (Å²) in [5, 5.41) is 13.0. The number of ketones is 1. The van der Waals surface area contributed by atoms with Gasteiger partial charge in [-0.25, -0.2) is 9.59 Å². The summed E-state index contributed by atoms with van der Waals surface area (Å²) < 4.78 is 16.1. The molecule has 0 unspecified atom stereocenters. The summed E-state index contributed by atoms with van der Waals surface area (Å²) in [4.78, 5) is 40.1. The lowest BCUT2D eigenvalue weighted by atomic mass is 9.99. The number of Topliss-reactive ketones (excluding diaryl/α,β-unsaturated/α-hetero) is 1. The third kappa shape index (κ3) is 7.99. The molecule has 0 aliphatic rings. The van der Waals surface area contributed by atoms with E-state index in [1.54, 1.807) is 87.4 Å². The largest absolute Gasteiger partial charge is 0.497 e. The second-order valence-corrected chi connectivity index (χ2v) is 10.3. The van der Waals surface area contributed by atoms with Crippen LogP contribution >= 0.6 is 0 Å². The minimum atomic E-state index is -1.54. The standard InChI is InChI=1S/C31H36N2O7/c1-20-10-13-24(14-11-20)33(19-23-12-15-25(38-5)17-26(23)39-6)27(29(35)36)28(34)22-9-7-8-21(16-22)18-32-30(37)40-31(2,3)4/h7-17,27H,18-19H2,1-6H3,(H,32,37)(H,35,36)/t27-/m0/s1. The molecular weight excluding hydrogens is 512 g/mol. The number of benzene rings is 3. The Hall–Kier alpha value is -4.53. The van der Waals surface area contributed by atoms with E-state index >= 15 is 0 Å². The number of hydrogen-bond acceptors (Lipinski definition) is 7. The Morgan fingerprint density at radius 1 is 0.950 bits per heavy atom. The second-order valence-electron chi connectivity index (χ2n) is 10.3. The predicted molar refractivity (Wildman–Crippen MR) is 152 cm³/mol. The van der Waals surface area contributed by atoms with E-state index in [0.717, 1.165) is 5.56 Å². The van der Waals surface area contributed by atoms with Crippen LogP contribution in [0.3, 0.4) is 0 Å². The third-order valence-electron chi connectivity index (χ3n) is 6.04. The first kappa shape index (κ1) is 30.0. The third-order valence-corrected chi connectivity index (χ3v) is 6.04. The highest BCUT2D eigenvalue weighted by molar-refractivity contribution is 6.14. The number of rotatable bonds is 11. The van der Waals surface area contributed by atoms with Crippen LogP contribution < -0.4 is 19.7 Å². The number of carboxylic acids is 1. The Balaban J connectivity index is 1.96. The van der Waals surface area contributed by atoms with Crippen LogP contribution in [0, 0.1) is 6.92 Å². The van der Waals surface area contributed by atoms with E-state index in [9.17, 15) is 19.5 Å². The molecule has 3 aromatic rings. The quantitative estimate of drug-likeness (QED) is 0.243. The van der Waals surface area contributed by atoms with Crippen molar-refractivity contribution in [1.29, 1.82) is 0 Å². The fraction of sp³-hybridized carbons (Fsp3) is 0.323. The first-order valence-electron chi connectivity index (χ1n) is 12.8. The summed E-state index contributed by atoms with van der Waals surface area (Å²) >= 11 is 0. The van der Waals surface area contributed by atoms with Gasteiger partial charge in [0, 0.05) is 36.0 Å². The number of amides is 1. The van der Waals surface area contributed by atoms with Crippen molar-refractivity contribution < 1.29 is 33.7 Å². The van der Waals surface area contributed by atoms with Crippen LogP contribution in [0.2, 0.25) is 0 Å².